The van der Waals surface area contributed by atoms with E-state index in [0.29, 0.717) is 24.1 Å². The van der Waals surface area contributed by atoms with Crippen LogP contribution in [0.4, 0.5) is 4.39 Å². The first kappa shape index (κ1) is 22.5. The Bertz CT molecular complexity index is 825. The van der Waals surface area contributed by atoms with Gasteiger partial charge in [0.2, 0.25) is 0 Å². The van der Waals surface area contributed by atoms with Crippen LogP contribution in [-0.2, 0) is 16.2 Å². The maximum absolute atomic E-state index is 13.0. The molecule has 0 aromatic heterocycles. The number of hydrogen-bond acceptors (Lipinski definition) is 3. The highest BCUT2D eigenvalue weighted by atomic mass is 19.1. The van der Waals surface area contributed by atoms with Crippen molar-refractivity contribution in [2.75, 3.05) is 13.2 Å². The zero-order chi connectivity index (χ0) is 21.5. The number of halogens is 1. The van der Waals surface area contributed by atoms with E-state index in [2.05, 4.69) is 37.4 Å². The molecule has 1 fully saturated rings. The third-order valence-electron chi connectivity index (χ3n) is 5.81. The molecule has 2 aromatic rings. The summed E-state index contributed by atoms with van der Waals surface area (Å²) in [5, 5.41) is 3.63. The molecule has 4 heteroatoms. The van der Waals surface area contributed by atoms with E-state index in [1.807, 2.05) is 31.2 Å². The van der Waals surface area contributed by atoms with Gasteiger partial charge in [0.05, 0.1) is 12.5 Å². The van der Waals surface area contributed by atoms with E-state index in [0.717, 1.165) is 36.1 Å². The third kappa shape index (κ3) is 5.69. The fraction of sp³-hybridized carbons (Fsp3) is 0.500. The smallest absolute Gasteiger partial charge is 0.313 e. The zero-order valence-corrected chi connectivity index (χ0v) is 18.4. The summed E-state index contributed by atoms with van der Waals surface area (Å²) in [6, 6.07) is 14.4. The predicted molar refractivity (Wildman–Crippen MR) is 120 cm³/mol. The minimum atomic E-state index is -0.461. The lowest BCUT2D eigenvalue weighted by molar-refractivity contribution is -0.145. The topological polar surface area (TPSA) is 38.3 Å². The highest BCUT2D eigenvalue weighted by Crippen LogP contribution is 2.34. The monoisotopic (exact) mass is 411 g/mol. The third-order valence-corrected chi connectivity index (χ3v) is 5.81. The van der Waals surface area contributed by atoms with E-state index in [-0.39, 0.29) is 11.9 Å². The molecule has 2 aromatic carbocycles. The highest BCUT2D eigenvalue weighted by Gasteiger charge is 2.26. The maximum Gasteiger partial charge on any atom is 0.313 e. The average Bonchev–Trinajstić information content (AvgIpc) is 2.78. The van der Waals surface area contributed by atoms with Crippen LogP contribution in [-0.4, -0.2) is 19.1 Å². The molecule has 0 spiro atoms. The summed E-state index contributed by atoms with van der Waals surface area (Å²) < 4.78 is 18.4. The van der Waals surface area contributed by atoms with E-state index in [4.69, 9.17) is 4.74 Å². The molecule has 162 valence electrons. The normalized spacial score (nSPS) is 17.7. The van der Waals surface area contributed by atoms with Crippen molar-refractivity contribution in [3.63, 3.8) is 0 Å². The van der Waals surface area contributed by atoms with Gasteiger partial charge < -0.3 is 10.1 Å². The summed E-state index contributed by atoms with van der Waals surface area (Å²) in [7, 11) is 0. The van der Waals surface area contributed by atoms with Crippen LogP contribution in [0.5, 0.6) is 0 Å². The van der Waals surface area contributed by atoms with Gasteiger partial charge in [0.15, 0.2) is 0 Å². The second kappa shape index (κ2) is 10.7. The number of benzene rings is 2. The molecule has 2 unspecified atom stereocenters. The Labute approximate surface area is 180 Å². The van der Waals surface area contributed by atoms with Crippen molar-refractivity contribution in [1.82, 2.24) is 5.32 Å². The van der Waals surface area contributed by atoms with Crippen molar-refractivity contribution < 1.29 is 13.9 Å². The molecule has 1 heterocycles. The van der Waals surface area contributed by atoms with Crippen LogP contribution < -0.4 is 5.32 Å². The zero-order valence-electron chi connectivity index (χ0n) is 18.4. The van der Waals surface area contributed by atoms with E-state index in [1.54, 1.807) is 0 Å². The molecular weight excluding hydrogens is 377 g/mol. The number of carbonyl (C=O) groups is 1. The van der Waals surface area contributed by atoms with Crippen LogP contribution >= 0.6 is 0 Å². The fourth-order valence-electron chi connectivity index (χ4n) is 4.25. The van der Waals surface area contributed by atoms with E-state index < -0.39 is 6.67 Å². The van der Waals surface area contributed by atoms with Gasteiger partial charge in [-0.1, -0.05) is 56.7 Å². The van der Waals surface area contributed by atoms with E-state index >= 15 is 0 Å². The number of rotatable bonds is 8. The maximum atomic E-state index is 13.0. The summed E-state index contributed by atoms with van der Waals surface area (Å²) in [4.78, 5) is 12.8. The quantitative estimate of drug-likeness (QED) is 0.516. The van der Waals surface area contributed by atoms with Crippen LogP contribution in [0.1, 0.15) is 75.1 Å². The first-order valence-electron chi connectivity index (χ1n) is 11.2. The molecule has 0 bridgehead atoms. The van der Waals surface area contributed by atoms with Gasteiger partial charge in [-0.15, -0.1) is 0 Å². The number of hydrogen-bond donors (Lipinski definition) is 1. The second-order valence-electron chi connectivity index (χ2n) is 8.66. The number of piperidine rings is 1. The van der Waals surface area contributed by atoms with Crippen molar-refractivity contribution in [1.29, 1.82) is 0 Å². The van der Waals surface area contributed by atoms with Gasteiger partial charge in [0.1, 0.15) is 6.67 Å². The van der Waals surface area contributed by atoms with Gasteiger partial charge in [0.25, 0.3) is 0 Å². The van der Waals surface area contributed by atoms with Gasteiger partial charge >= 0.3 is 5.97 Å². The molecule has 0 saturated carbocycles. The summed E-state index contributed by atoms with van der Waals surface area (Å²) in [5.41, 5.74) is 5.01. The van der Waals surface area contributed by atoms with Crippen molar-refractivity contribution in [3.8, 4) is 11.1 Å². The van der Waals surface area contributed by atoms with Crippen LogP contribution in [0.15, 0.2) is 42.5 Å². The number of carbonyl (C=O) groups excluding carboxylic acids is 1. The molecule has 3 rings (SSSR count). The Balaban J connectivity index is 2.05. The Kier molecular flexibility index (Phi) is 8.03. The molecule has 0 radical (unpaired) electrons. The Morgan fingerprint density at radius 3 is 2.50 bits per heavy atom. The molecule has 1 N–H and O–H groups in total. The van der Waals surface area contributed by atoms with E-state index in [1.165, 1.54) is 18.4 Å². The summed E-state index contributed by atoms with van der Waals surface area (Å²) in [6.45, 7) is 7.06. The highest BCUT2D eigenvalue weighted by molar-refractivity contribution is 5.79. The molecule has 1 saturated heterocycles. The second-order valence-corrected chi connectivity index (χ2v) is 8.66. The molecule has 2 atom stereocenters. The molecule has 3 nitrogen and oxygen atoms in total. The predicted octanol–water partition coefficient (Wildman–Crippen LogP) is 6.33. The lowest BCUT2D eigenvalue weighted by atomic mass is 9.85. The average molecular weight is 412 g/mol. The SMILES string of the molecule is CCOC(=O)C(CC(C)C)c1cc(-c2ccc(CF)cc2)cc(C2CCCCN2)c1. The van der Waals surface area contributed by atoms with Gasteiger partial charge in [0, 0.05) is 6.04 Å². The van der Waals surface area contributed by atoms with Crippen molar-refractivity contribution in [3.05, 3.63) is 59.2 Å². The Morgan fingerprint density at radius 2 is 1.90 bits per heavy atom. The molecule has 0 amide bonds. The number of esters is 1. The van der Waals surface area contributed by atoms with Gasteiger partial charge in [-0.3, -0.25) is 4.79 Å². The van der Waals surface area contributed by atoms with Gasteiger partial charge in [-0.05, 0) is 72.5 Å². The van der Waals surface area contributed by atoms with Crippen LogP contribution in [0, 0.1) is 5.92 Å². The van der Waals surface area contributed by atoms with Crippen molar-refractivity contribution in [2.45, 2.75) is 65.1 Å². The Hall–Kier alpha value is -2.20. The minimum Gasteiger partial charge on any atom is -0.466 e. The van der Waals surface area contributed by atoms with Crippen LogP contribution in [0.2, 0.25) is 0 Å². The van der Waals surface area contributed by atoms with Gasteiger partial charge in [-0.25, -0.2) is 4.39 Å². The summed E-state index contributed by atoms with van der Waals surface area (Å²) in [5.74, 6) is -0.0563. The summed E-state index contributed by atoms with van der Waals surface area (Å²) >= 11 is 0. The first-order chi connectivity index (χ1) is 14.5. The minimum absolute atomic E-state index is 0.154. The first-order valence-corrected chi connectivity index (χ1v) is 11.2. The number of alkyl halides is 1. The van der Waals surface area contributed by atoms with Crippen LogP contribution in [0.25, 0.3) is 11.1 Å². The van der Waals surface area contributed by atoms with E-state index in [9.17, 15) is 9.18 Å². The lowest BCUT2D eigenvalue weighted by Gasteiger charge is -2.26. The molecule has 1 aliphatic heterocycles. The lowest BCUT2D eigenvalue weighted by Crippen LogP contribution is -2.27. The number of nitrogens with one attached hydrogen (secondary N) is 1. The molecule has 30 heavy (non-hydrogen) atoms. The van der Waals surface area contributed by atoms with Crippen molar-refractivity contribution in [2.24, 2.45) is 5.92 Å². The molecule has 1 aliphatic rings. The summed E-state index contributed by atoms with van der Waals surface area (Å²) in [6.07, 6.45) is 4.25. The Morgan fingerprint density at radius 1 is 1.13 bits per heavy atom. The van der Waals surface area contributed by atoms with Crippen LogP contribution in [0.3, 0.4) is 0 Å². The standard InChI is InChI=1S/C26H34FNO2/c1-4-30-26(29)24(13-18(2)3)22-14-21(20-10-8-19(17-27)9-11-20)15-23(16-22)25-7-5-6-12-28-25/h8-11,14-16,18,24-25,28H,4-7,12-13,17H2,1-3H3. The number of ether oxygens (including phenoxy) is 1. The van der Waals surface area contributed by atoms with Crippen molar-refractivity contribution >= 4 is 5.97 Å². The molecule has 0 aliphatic carbocycles. The molecular formula is C26H34FNO2. The fourth-order valence-corrected chi connectivity index (χ4v) is 4.25. The largest absolute Gasteiger partial charge is 0.466 e. The van der Waals surface area contributed by atoms with Gasteiger partial charge in [-0.2, -0.15) is 0 Å².